The molecule has 0 fully saturated rings. The highest BCUT2D eigenvalue weighted by Crippen LogP contribution is 2.28. The topological polar surface area (TPSA) is 64.6 Å². The van der Waals surface area contributed by atoms with Gasteiger partial charge in [0.2, 0.25) is 0 Å². The first-order chi connectivity index (χ1) is 11.6. The first-order valence-corrected chi connectivity index (χ1v) is 8.09. The van der Waals surface area contributed by atoms with Crippen LogP contribution in [-0.2, 0) is 9.53 Å². The Morgan fingerprint density at radius 3 is 2.50 bits per heavy atom. The molecule has 1 atom stereocenters. The summed E-state index contributed by atoms with van der Waals surface area (Å²) in [6.45, 7) is 3.70. The summed E-state index contributed by atoms with van der Waals surface area (Å²) < 4.78 is 10.5. The number of carbonyl (C=O) groups excluding carboxylic acids is 2. The molecule has 5 heteroatoms. The summed E-state index contributed by atoms with van der Waals surface area (Å²) >= 11 is 0. The molecule has 0 saturated carbocycles. The van der Waals surface area contributed by atoms with Gasteiger partial charge in [-0.05, 0) is 30.9 Å². The van der Waals surface area contributed by atoms with Gasteiger partial charge >= 0.3 is 5.97 Å². The number of esters is 1. The fourth-order valence-electron chi connectivity index (χ4n) is 2.66. The zero-order valence-corrected chi connectivity index (χ0v) is 14.3. The van der Waals surface area contributed by atoms with Gasteiger partial charge in [0.25, 0.3) is 5.91 Å². The van der Waals surface area contributed by atoms with Gasteiger partial charge in [0.1, 0.15) is 5.75 Å². The molecular formula is C19H23NO4. The molecular weight excluding hydrogens is 306 g/mol. The Bertz CT molecular complexity index is 726. The Hall–Kier alpha value is -2.56. The Morgan fingerprint density at radius 1 is 1.12 bits per heavy atom. The number of benzene rings is 2. The first-order valence-electron chi connectivity index (χ1n) is 8.09. The molecule has 0 aromatic heterocycles. The molecule has 1 N–H and O–H groups in total. The van der Waals surface area contributed by atoms with E-state index in [2.05, 4.69) is 12.2 Å². The van der Waals surface area contributed by atoms with Crippen LogP contribution in [0.1, 0.15) is 37.0 Å². The van der Waals surface area contributed by atoms with Crippen LogP contribution in [0.2, 0.25) is 0 Å². The van der Waals surface area contributed by atoms with Crippen molar-refractivity contribution in [2.45, 2.75) is 32.7 Å². The molecule has 2 rings (SSSR count). The summed E-state index contributed by atoms with van der Waals surface area (Å²) in [5, 5.41) is 4.37. The van der Waals surface area contributed by atoms with Crippen molar-refractivity contribution < 1.29 is 19.1 Å². The number of fused-ring (bicyclic) bond motifs is 1. The lowest BCUT2D eigenvalue weighted by Gasteiger charge is -2.13. The molecule has 2 aromatic rings. The van der Waals surface area contributed by atoms with Crippen molar-refractivity contribution in [1.29, 1.82) is 0 Å². The third kappa shape index (κ3) is 4.25. The summed E-state index contributed by atoms with van der Waals surface area (Å²) in [6.07, 6.45) is 1.88. The van der Waals surface area contributed by atoms with Gasteiger partial charge < -0.3 is 14.8 Å². The Balaban J connectivity index is 2.08. The minimum Gasteiger partial charge on any atom is -0.496 e. The second-order valence-electron chi connectivity index (χ2n) is 5.69. The maximum absolute atomic E-state index is 12.3. The van der Waals surface area contributed by atoms with Gasteiger partial charge in [-0.2, -0.15) is 0 Å². The van der Waals surface area contributed by atoms with Gasteiger partial charge in [-0.3, -0.25) is 4.79 Å². The minimum absolute atomic E-state index is 0.0722. The van der Waals surface area contributed by atoms with Crippen LogP contribution >= 0.6 is 0 Å². The van der Waals surface area contributed by atoms with Gasteiger partial charge in [-0.15, -0.1) is 0 Å². The van der Waals surface area contributed by atoms with Crippen LogP contribution in [0.4, 0.5) is 0 Å². The number of nitrogens with one attached hydrogen (secondary N) is 1. The molecule has 2 aromatic carbocycles. The Morgan fingerprint density at radius 2 is 1.83 bits per heavy atom. The number of ether oxygens (including phenoxy) is 2. The van der Waals surface area contributed by atoms with Crippen LogP contribution in [0.5, 0.6) is 5.75 Å². The van der Waals surface area contributed by atoms with E-state index in [1.807, 2.05) is 31.2 Å². The fourth-order valence-corrected chi connectivity index (χ4v) is 2.66. The third-order valence-electron chi connectivity index (χ3n) is 3.79. The van der Waals surface area contributed by atoms with E-state index in [9.17, 15) is 9.59 Å². The maximum Gasteiger partial charge on any atom is 0.339 e. The van der Waals surface area contributed by atoms with Gasteiger partial charge in [0.05, 0.1) is 12.7 Å². The smallest absolute Gasteiger partial charge is 0.339 e. The molecule has 0 aliphatic rings. The molecule has 0 radical (unpaired) electrons. The van der Waals surface area contributed by atoms with E-state index >= 15 is 0 Å². The highest BCUT2D eigenvalue weighted by Gasteiger charge is 2.16. The summed E-state index contributed by atoms with van der Waals surface area (Å²) in [7, 11) is 1.58. The standard InChI is InChI=1S/C19H23NO4/c1-4-7-13(2)20-18(21)12-24-19(22)16-10-11-17(23-3)15-9-6-5-8-14(15)16/h5-6,8-11,13H,4,7,12H2,1-3H3,(H,20,21)/t13-/m0/s1. The van der Waals surface area contributed by atoms with Crippen molar-refractivity contribution in [2.75, 3.05) is 13.7 Å². The number of hydrogen-bond acceptors (Lipinski definition) is 4. The zero-order valence-electron chi connectivity index (χ0n) is 14.3. The van der Waals surface area contributed by atoms with E-state index in [4.69, 9.17) is 9.47 Å². The lowest BCUT2D eigenvalue weighted by Crippen LogP contribution is -2.35. The van der Waals surface area contributed by atoms with Gasteiger partial charge in [0.15, 0.2) is 6.61 Å². The third-order valence-corrected chi connectivity index (χ3v) is 3.79. The van der Waals surface area contributed by atoms with Crippen molar-refractivity contribution in [2.24, 2.45) is 0 Å². The van der Waals surface area contributed by atoms with E-state index in [-0.39, 0.29) is 18.6 Å². The molecule has 0 unspecified atom stereocenters. The average molecular weight is 329 g/mol. The monoisotopic (exact) mass is 329 g/mol. The van der Waals surface area contributed by atoms with Crippen LogP contribution in [0.25, 0.3) is 10.8 Å². The highest BCUT2D eigenvalue weighted by molar-refractivity contribution is 6.06. The predicted molar refractivity (Wildman–Crippen MR) is 93.3 cm³/mol. The quantitative estimate of drug-likeness (QED) is 0.792. The zero-order chi connectivity index (χ0) is 17.5. The number of hydrogen-bond donors (Lipinski definition) is 1. The number of methoxy groups -OCH3 is 1. The molecule has 0 bridgehead atoms. The first kappa shape index (κ1) is 17.8. The second kappa shape index (κ2) is 8.34. The molecule has 128 valence electrons. The number of amides is 1. The van der Waals surface area contributed by atoms with Gasteiger partial charge in [-0.25, -0.2) is 4.79 Å². The van der Waals surface area contributed by atoms with E-state index < -0.39 is 5.97 Å². The van der Waals surface area contributed by atoms with E-state index in [1.165, 1.54) is 0 Å². The van der Waals surface area contributed by atoms with E-state index in [1.54, 1.807) is 19.2 Å². The van der Waals surface area contributed by atoms with E-state index in [0.29, 0.717) is 11.3 Å². The lowest BCUT2D eigenvalue weighted by molar-refractivity contribution is -0.124. The molecule has 0 heterocycles. The van der Waals surface area contributed by atoms with Crippen LogP contribution < -0.4 is 10.1 Å². The van der Waals surface area contributed by atoms with Gasteiger partial charge in [0, 0.05) is 11.4 Å². The second-order valence-corrected chi connectivity index (χ2v) is 5.69. The van der Waals surface area contributed by atoms with Crippen molar-refractivity contribution >= 4 is 22.6 Å². The molecule has 0 aliphatic heterocycles. The largest absolute Gasteiger partial charge is 0.496 e. The predicted octanol–water partition coefficient (Wildman–Crippen LogP) is 3.31. The fraction of sp³-hybridized carbons (Fsp3) is 0.368. The molecule has 1 amide bonds. The average Bonchev–Trinajstić information content (AvgIpc) is 2.58. The Kier molecular flexibility index (Phi) is 6.18. The molecule has 24 heavy (non-hydrogen) atoms. The maximum atomic E-state index is 12.3. The molecule has 0 aliphatic carbocycles. The summed E-state index contributed by atoms with van der Waals surface area (Å²) in [4.78, 5) is 24.2. The van der Waals surface area contributed by atoms with Crippen molar-refractivity contribution in [3.8, 4) is 5.75 Å². The lowest BCUT2D eigenvalue weighted by atomic mass is 10.0. The van der Waals surface area contributed by atoms with Gasteiger partial charge in [-0.1, -0.05) is 37.6 Å². The summed E-state index contributed by atoms with van der Waals surface area (Å²) in [6, 6.07) is 10.9. The van der Waals surface area contributed by atoms with Crippen molar-refractivity contribution in [3.05, 3.63) is 42.0 Å². The van der Waals surface area contributed by atoms with Crippen molar-refractivity contribution in [1.82, 2.24) is 5.32 Å². The highest BCUT2D eigenvalue weighted by atomic mass is 16.5. The summed E-state index contributed by atoms with van der Waals surface area (Å²) in [5.41, 5.74) is 0.417. The van der Waals surface area contributed by atoms with Crippen LogP contribution in [0.3, 0.4) is 0 Å². The number of rotatable bonds is 7. The number of carbonyl (C=O) groups is 2. The molecule has 5 nitrogen and oxygen atoms in total. The van der Waals surface area contributed by atoms with Crippen LogP contribution in [0.15, 0.2) is 36.4 Å². The SMILES string of the molecule is CCC[C@H](C)NC(=O)COC(=O)c1ccc(OC)c2ccccc12. The summed E-state index contributed by atoms with van der Waals surface area (Å²) in [5.74, 6) is -0.123. The minimum atomic E-state index is -0.521. The molecule has 0 saturated heterocycles. The Labute approximate surface area is 141 Å². The van der Waals surface area contributed by atoms with E-state index in [0.717, 1.165) is 23.6 Å². The van der Waals surface area contributed by atoms with Crippen LogP contribution in [-0.4, -0.2) is 31.6 Å². The van der Waals surface area contributed by atoms with Crippen LogP contribution in [0, 0.1) is 0 Å². The molecule has 0 spiro atoms. The normalized spacial score (nSPS) is 11.8. The van der Waals surface area contributed by atoms with Crippen molar-refractivity contribution in [3.63, 3.8) is 0 Å².